The number of hydrogen-bond donors (Lipinski definition) is 3. The molecule has 1 saturated carbocycles. The third kappa shape index (κ3) is 7.48. The van der Waals surface area contributed by atoms with Crippen molar-refractivity contribution in [2.75, 3.05) is 32.0 Å². The number of amidine groups is 1. The molecule has 1 unspecified atom stereocenters. The number of likely N-dealkylation sites (tertiary alicyclic amines) is 1. The normalized spacial score (nSPS) is 23.3. The highest BCUT2D eigenvalue weighted by molar-refractivity contribution is 7.80. The van der Waals surface area contributed by atoms with Crippen molar-refractivity contribution in [2.45, 2.75) is 96.9 Å². The molecule has 2 aliphatic heterocycles. The van der Waals surface area contributed by atoms with Gasteiger partial charge in [0.05, 0.1) is 11.2 Å². The maximum absolute atomic E-state index is 8.81. The number of benzene rings is 1. The molecule has 34 heavy (non-hydrogen) atoms. The van der Waals surface area contributed by atoms with E-state index in [1.165, 1.54) is 64.2 Å². The molecule has 2 fully saturated rings. The van der Waals surface area contributed by atoms with Gasteiger partial charge in [-0.2, -0.15) is 12.6 Å². The number of piperidine rings is 1. The fraction of sp³-hybridized carbons (Fsp3) is 0.714. The Labute approximate surface area is 215 Å². The molecule has 4 rings (SSSR count). The zero-order valence-electron chi connectivity index (χ0n) is 22.7. The standard InChI is InChI=1S/C22H34N4S.C2H4O.2C2H6/c1-16(23)25(2)21(27)17-7-9-18(10-8-17)26-13-11-22(12-14-26)15-24-20-6-4-3-5-19(20)22;1-2-3;2*1-2/h3-6,17-18,21,23-24,27H,7-15H2,1-2H3;2H,1H3;2*1-2H3. The topological polar surface area (TPSA) is 59.4 Å². The summed E-state index contributed by atoms with van der Waals surface area (Å²) < 4.78 is 0. The Morgan fingerprint density at radius 3 is 2.21 bits per heavy atom. The highest BCUT2D eigenvalue weighted by Gasteiger charge is 2.42. The van der Waals surface area contributed by atoms with Gasteiger partial charge in [0.25, 0.3) is 0 Å². The highest BCUT2D eigenvalue weighted by atomic mass is 32.1. The fourth-order valence-electron chi connectivity index (χ4n) is 5.50. The average molecular weight is 491 g/mol. The van der Waals surface area contributed by atoms with E-state index in [1.54, 1.807) is 5.56 Å². The monoisotopic (exact) mass is 490 g/mol. The number of nitrogens with one attached hydrogen (secondary N) is 2. The first-order valence-corrected chi connectivity index (χ1v) is 13.9. The van der Waals surface area contributed by atoms with Crippen molar-refractivity contribution in [3.63, 3.8) is 0 Å². The molecule has 1 aromatic rings. The first-order chi connectivity index (χ1) is 16.4. The summed E-state index contributed by atoms with van der Waals surface area (Å²) >= 11 is 4.81. The third-order valence-electron chi connectivity index (χ3n) is 7.48. The molecule has 1 aromatic carbocycles. The van der Waals surface area contributed by atoms with Crippen LogP contribution in [0.1, 0.15) is 85.6 Å². The van der Waals surface area contributed by atoms with Crippen LogP contribution in [0.2, 0.25) is 0 Å². The van der Waals surface area contributed by atoms with E-state index >= 15 is 0 Å². The van der Waals surface area contributed by atoms with Gasteiger partial charge in [-0.15, -0.1) is 0 Å². The van der Waals surface area contributed by atoms with Crippen molar-refractivity contribution in [3.8, 4) is 0 Å². The minimum Gasteiger partial charge on any atom is -0.384 e. The minimum absolute atomic E-state index is 0.189. The van der Waals surface area contributed by atoms with E-state index in [4.69, 9.17) is 22.8 Å². The van der Waals surface area contributed by atoms with Crippen LogP contribution in [0.5, 0.6) is 0 Å². The Morgan fingerprint density at radius 2 is 1.68 bits per heavy atom. The zero-order valence-corrected chi connectivity index (χ0v) is 23.6. The van der Waals surface area contributed by atoms with Crippen molar-refractivity contribution in [1.82, 2.24) is 9.80 Å². The molecule has 0 bridgehead atoms. The summed E-state index contributed by atoms with van der Waals surface area (Å²) in [5, 5.41) is 11.7. The van der Waals surface area contributed by atoms with Gasteiger partial charge < -0.3 is 19.9 Å². The van der Waals surface area contributed by atoms with Crippen LogP contribution in [0, 0.1) is 11.3 Å². The molecule has 2 N–H and O–H groups in total. The Morgan fingerprint density at radius 1 is 1.15 bits per heavy atom. The number of thiol groups is 1. The Hall–Kier alpha value is -1.53. The third-order valence-corrected chi connectivity index (χ3v) is 8.24. The fourth-order valence-corrected chi connectivity index (χ4v) is 5.97. The van der Waals surface area contributed by atoms with Gasteiger partial charge in [-0.3, -0.25) is 5.41 Å². The summed E-state index contributed by atoms with van der Waals surface area (Å²) in [7, 11) is 2.00. The summed E-state index contributed by atoms with van der Waals surface area (Å²) in [4.78, 5) is 13.6. The zero-order chi connectivity index (χ0) is 25.7. The Kier molecular flexibility index (Phi) is 13.9. The number of carbonyl (C=O) groups is 1. The highest BCUT2D eigenvalue weighted by Crippen LogP contribution is 2.45. The number of aldehydes is 1. The average Bonchev–Trinajstić information content (AvgIpc) is 3.24. The first-order valence-electron chi connectivity index (χ1n) is 13.3. The minimum atomic E-state index is 0.189. The van der Waals surface area contributed by atoms with Crippen LogP contribution >= 0.6 is 12.6 Å². The van der Waals surface area contributed by atoms with Crippen LogP contribution < -0.4 is 5.32 Å². The predicted octanol–water partition coefficient (Wildman–Crippen LogP) is 6.45. The molecule has 1 aliphatic carbocycles. The molecular weight excluding hydrogens is 440 g/mol. The molecule has 1 saturated heterocycles. The van der Waals surface area contributed by atoms with Gasteiger partial charge in [-0.05, 0) is 83.0 Å². The van der Waals surface area contributed by atoms with Gasteiger partial charge in [-0.25, -0.2) is 0 Å². The molecular formula is C28H50N4OS. The van der Waals surface area contributed by atoms with E-state index in [0.29, 0.717) is 17.2 Å². The number of nitrogens with zero attached hydrogens (tertiary/aromatic N) is 2. The SMILES string of the molecule is CC.CC.CC(=N)N(C)C(S)C1CCC(N2CCC3(CC2)CNc2ccccc23)CC1.CC=O. The van der Waals surface area contributed by atoms with E-state index in [1.807, 2.05) is 46.6 Å². The molecule has 3 aliphatic rings. The second-order valence-electron chi connectivity index (χ2n) is 9.13. The van der Waals surface area contributed by atoms with Crippen LogP contribution in [-0.2, 0) is 10.2 Å². The molecule has 0 aromatic heterocycles. The summed E-state index contributed by atoms with van der Waals surface area (Å²) in [5.74, 6) is 1.22. The smallest absolute Gasteiger partial charge is 0.116 e. The summed E-state index contributed by atoms with van der Waals surface area (Å²) in [5.41, 5.74) is 3.28. The molecule has 0 radical (unpaired) electrons. The Balaban J connectivity index is 0.000000750. The van der Waals surface area contributed by atoms with Gasteiger partial charge in [0.15, 0.2) is 0 Å². The molecule has 1 atom stereocenters. The van der Waals surface area contributed by atoms with Gasteiger partial charge in [0.2, 0.25) is 0 Å². The van der Waals surface area contributed by atoms with Gasteiger partial charge >= 0.3 is 0 Å². The lowest BCUT2D eigenvalue weighted by molar-refractivity contribution is -0.106. The van der Waals surface area contributed by atoms with E-state index in [-0.39, 0.29) is 5.37 Å². The van der Waals surface area contributed by atoms with E-state index in [0.717, 1.165) is 18.9 Å². The number of carbonyl (C=O) groups excluding carboxylic acids is 1. The van der Waals surface area contributed by atoms with Crippen molar-refractivity contribution in [1.29, 1.82) is 5.41 Å². The van der Waals surface area contributed by atoms with Crippen molar-refractivity contribution >= 4 is 30.4 Å². The van der Waals surface area contributed by atoms with Crippen LogP contribution in [0.25, 0.3) is 0 Å². The van der Waals surface area contributed by atoms with Crippen LogP contribution in [0.4, 0.5) is 5.69 Å². The molecule has 1 spiro atoms. The summed E-state index contributed by atoms with van der Waals surface area (Å²) in [6.45, 7) is 14.9. The molecule has 6 heteroatoms. The molecule has 194 valence electrons. The van der Waals surface area contributed by atoms with Crippen molar-refractivity contribution in [3.05, 3.63) is 29.8 Å². The predicted molar refractivity (Wildman–Crippen MR) is 152 cm³/mol. The number of rotatable bonds is 3. The first kappa shape index (κ1) is 30.5. The number of hydrogen-bond acceptors (Lipinski definition) is 5. The molecule has 2 heterocycles. The van der Waals surface area contributed by atoms with Gasteiger partial charge in [0.1, 0.15) is 6.29 Å². The lowest BCUT2D eigenvalue weighted by atomic mass is 9.73. The quantitative estimate of drug-likeness (QED) is 0.150. The lowest BCUT2D eigenvalue weighted by Crippen LogP contribution is -2.49. The van der Waals surface area contributed by atoms with Crippen LogP contribution in [0.3, 0.4) is 0 Å². The van der Waals surface area contributed by atoms with E-state index in [2.05, 4.69) is 34.5 Å². The second kappa shape index (κ2) is 15.5. The Bertz CT molecular complexity index is 725. The summed E-state index contributed by atoms with van der Waals surface area (Å²) in [6.07, 6.45) is 8.36. The van der Waals surface area contributed by atoms with Gasteiger partial charge in [0, 0.05) is 30.7 Å². The van der Waals surface area contributed by atoms with E-state index < -0.39 is 0 Å². The van der Waals surface area contributed by atoms with Crippen LogP contribution in [-0.4, -0.2) is 60.0 Å². The largest absolute Gasteiger partial charge is 0.384 e. The van der Waals surface area contributed by atoms with Crippen molar-refractivity contribution < 1.29 is 4.79 Å². The summed E-state index contributed by atoms with van der Waals surface area (Å²) in [6, 6.07) is 9.66. The van der Waals surface area contributed by atoms with Gasteiger partial charge in [-0.1, -0.05) is 45.9 Å². The van der Waals surface area contributed by atoms with E-state index in [9.17, 15) is 0 Å². The maximum Gasteiger partial charge on any atom is 0.116 e. The second-order valence-corrected chi connectivity index (χ2v) is 9.66. The molecule has 5 nitrogen and oxygen atoms in total. The maximum atomic E-state index is 8.81. The van der Waals surface area contributed by atoms with Crippen molar-refractivity contribution in [2.24, 2.45) is 5.92 Å². The van der Waals surface area contributed by atoms with Crippen LogP contribution in [0.15, 0.2) is 24.3 Å². The number of para-hydroxylation sites is 1. The molecule has 0 amide bonds. The number of anilines is 1. The lowest BCUT2D eigenvalue weighted by Gasteiger charge is -2.45. The number of fused-ring (bicyclic) bond motifs is 2.